The summed E-state index contributed by atoms with van der Waals surface area (Å²) in [6.45, 7) is 5.51. The lowest BCUT2D eigenvalue weighted by Crippen LogP contribution is -2.35. The molecule has 1 heterocycles. The molecular weight excluding hydrogens is 388 g/mol. The van der Waals surface area contributed by atoms with Crippen LogP contribution in [-0.2, 0) is 14.8 Å². The minimum atomic E-state index is -3.85. The summed E-state index contributed by atoms with van der Waals surface area (Å²) in [7, 11) is -2.47. The summed E-state index contributed by atoms with van der Waals surface area (Å²) in [6.07, 6.45) is 2.72. The van der Waals surface area contributed by atoms with Crippen molar-refractivity contribution in [2.45, 2.75) is 25.7 Å². The molecule has 2 aromatic carbocycles. The number of carbonyl (C=O) groups excluding carboxylic acids is 1. The molecule has 0 saturated heterocycles. The van der Waals surface area contributed by atoms with Gasteiger partial charge in [0.15, 0.2) is 0 Å². The molecule has 0 aliphatic carbocycles. The van der Waals surface area contributed by atoms with Crippen molar-refractivity contribution >= 4 is 21.6 Å². The minimum absolute atomic E-state index is 0.0272. The molecule has 0 aliphatic heterocycles. The Morgan fingerprint density at radius 2 is 1.72 bits per heavy atom. The van der Waals surface area contributed by atoms with Crippen LogP contribution in [0.25, 0.3) is 5.69 Å². The lowest BCUT2D eigenvalue weighted by molar-refractivity contribution is -0.116. The summed E-state index contributed by atoms with van der Waals surface area (Å²) >= 11 is 0. The van der Waals surface area contributed by atoms with E-state index < -0.39 is 15.9 Å². The van der Waals surface area contributed by atoms with Gasteiger partial charge in [-0.1, -0.05) is 35.9 Å². The van der Waals surface area contributed by atoms with E-state index in [1.807, 2.05) is 63.2 Å². The third-order valence-electron chi connectivity index (χ3n) is 4.60. The molecule has 8 heteroatoms. The van der Waals surface area contributed by atoms with Crippen molar-refractivity contribution in [1.29, 1.82) is 0 Å². The number of carbonyl (C=O) groups is 1. The lowest BCUT2D eigenvalue weighted by Gasteiger charge is -2.17. The number of rotatable bonds is 6. The number of sulfonamides is 1. The topological polar surface area (TPSA) is 84.3 Å². The molecule has 1 aromatic heterocycles. The van der Waals surface area contributed by atoms with Crippen molar-refractivity contribution < 1.29 is 13.2 Å². The average molecular weight is 413 g/mol. The number of hydrogen-bond acceptors (Lipinski definition) is 4. The second-order valence-corrected chi connectivity index (χ2v) is 9.08. The van der Waals surface area contributed by atoms with Gasteiger partial charge in [-0.3, -0.25) is 4.79 Å². The fourth-order valence-corrected chi connectivity index (χ4v) is 4.25. The molecule has 3 rings (SSSR count). The van der Waals surface area contributed by atoms with E-state index in [9.17, 15) is 13.2 Å². The van der Waals surface area contributed by atoms with Gasteiger partial charge in [-0.2, -0.15) is 9.40 Å². The number of aromatic nitrogens is 2. The molecule has 7 nitrogen and oxygen atoms in total. The van der Waals surface area contributed by atoms with E-state index in [1.165, 1.54) is 24.1 Å². The Labute approximate surface area is 171 Å². The highest BCUT2D eigenvalue weighted by atomic mass is 32.2. The minimum Gasteiger partial charge on any atom is -0.324 e. The number of anilines is 1. The van der Waals surface area contributed by atoms with Crippen molar-refractivity contribution in [2.75, 3.05) is 18.9 Å². The number of benzene rings is 2. The summed E-state index contributed by atoms with van der Waals surface area (Å²) in [6, 6.07) is 13.2. The molecule has 0 spiro atoms. The Hall–Kier alpha value is -2.97. The largest absolute Gasteiger partial charge is 0.324 e. The number of likely N-dealkylation sites (N-methyl/N-ethyl adjacent to an activating group) is 1. The second-order valence-electron chi connectivity index (χ2n) is 7.04. The zero-order valence-corrected chi connectivity index (χ0v) is 17.7. The molecule has 3 aromatic rings. The van der Waals surface area contributed by atoms with Crippen LogP contribution in [0.2, 0.25) is 0 Å². The predicted molar refractivity (Wildman–Crippen MR) is 113 cm³/mol. The van der Waals surface area contributed by atoms with E-state index in [0.717, 1.165) is 26.7 Å². The van der Waals surface area contributed by atoms with Crippen LogP contribution in [0.4, 0.5) is 5.69 Å². The number of nitrogens with one attached hydrogen (secondary N) is 1. The molecule has 0 bridgehead atoms. The normalized spacial score (nSPS) is 11.6. The maximum Gasteiger partial charge on any atom is 0.246 e. The highest BCUT2D eigenvalue weighted by Crippen LogP contribution is 2.22. The number of hydrogen-bond donors (Lipinski definition) is 1. The van der Waals surface area contributed by atoms with Gasteiger partial charge in [0, 0.05) is 12.7 Å². The fraction of sp³-hybridized carbons (Fsp3) is 0.238. The first-order chi connectivity index (χ1) is 13.7. The third-order valence-corrected chi connectivity index (χ3v) is 6.35. The van der Waals surface area contributed by atoms with Crippen molar-refractivity contribution in [3.63, 3.8) is 0 Å². The molecular formula is C21H24N4O3S. The Bertz CT molecular complexity index is 1110. The molecule has 0 atom stereocenters. The summed E-state index contributed by atoms with van der Waals surface area (Å²) in [5, 5.41) is 6.95. The highest BCUT2D eigenvalue weighted by molar-refractivity contribution is 7.89. The number of nitrogens with zero attached hydrogens (tertiary/aromatic N) is 3. The maximum absolute atomic E-state index is 12.8. The Balaban J connectivity index is 1.74. The summed E-state index contributed by atoms with van der Waals surface area (Å²) < 4.78 is 28.2. The molecule has 0 saturated carbocycles. The van der Waals surface area contributed by atoms with Crippen LogP contribution in [0.15, 0.2) is 59.8 Å². The molecule has 0 unspecified atom stereocenters. The van der Waals surface area contributed by atoms with Gasteiger partial charge in [-0.05, 0) is 44.0 Å². The van der Waals surface area contributed by atoms with Crippen molar-refractivity contribution in [3.05, 3.63) is 71.5 Å². The van der Waals surface area contributed by atoms with Gasteiger partial charge < -0.3 is 5.32 Å². The van der Waals surface area contributed by atoms with Gasteiger partial charge in [-0.25, -0.2) is 13.1 Å². The Morgan fingerprint density at radius 3 is 2.34 bits per heavy atom. The summed E-state index contributed by atoms with van der Waals surface area (Å²) in [5.74, 6) is -0.401. The van der Waals surface area contributed by atoms with Gasteiger partial charge in [0.2, 0.25) is 15.9 Å². The monoisotopic (exact) mass is 412 g/mol. The SMILES string of the molecule is Cc1cc(C)c(NC(=O)CN(C)S(=O)(=O)c2cnn(-c3ccccc3)c2)c(C)c1. The van der Waals surface area contributed by atoms with Crippen LogP contribution in [-0.4, -0.2) is 42.0 Å². The molecule has 29 heavy (non-hydrogen) atoms. The van der Waals surface area contributed by atoms with Gasteiger partial charge in [0.05, 0.1) is 24.6 Å². The van der Waals surface area contributed by atoms with E-state index in [4.69, 9.17) is 0 Å². The van der Waals surface area contributed by atoms with E-state index in [0.29, 0.717) is 5.69 Å². The number of para-hydroxylation sites is 1. The van der Waals surface area contributed by atoms with E-state index in [1.54, 1.807) is 0 Å². The van der Waals surface area contributed by atoms with E-state index in [2.05, 4.69) is 10.4 Å². The van der Waals surface area contributed by atoms with Crippen LogP contribution < -0.4 is 5.32 Å². The van der Waals surface area contributed by atoms with Crippen molar-refractivity contribution in [2.24, 2.45) is 0 Å². The smallest absolute Gasteiger partial charge is 0.246 e. The first-order valence-electron chi connectivity index (χ1n) is 9.12. The number of aryl methyl sites for hydroxylation is 3. The lowest BCUT2D eigenvalue weighted by atomic mass is 10.1. The molecule has 1 amide bonds. The molecule has 0 aliphatic rings. The van der Waals surface area contributed by atoms with Crippen LogP contribution in [0.3, 0.4) is 0 Å². The highest BCUT2D eigenvalue weighted by Gasteiger charge is 2.25. The number of amides is 1. The zero-order valence-electron chi connectivity index (χ0n) is 16.9. The second kappa shape index (κ2) is 8.18. The first-order valence-corrected chi connectivity index (χ1v) is 10.6. The third kappa shape index (κ3) is 4.55. The zero-order chi connectivity index (χ0) is 21.2. The molecule has 1 N–H and O–H groups in total. The van der Waals surface area contributed by atoms with E-state index in [-0.39, 0.29) is 11.4 Å². The first kappa shape index (κ1) is 20.8. The van der Waals surface area contributed by atoms with Crippen molar-refractivity contribution in [1.82, 2.24) is 14.1 Å². The summed E-state index contributed by atoms with van der Waals surface area (Å²) in [5.41, 5.74) is 4.44. The molecule has 0 radical (unpaired) electrons. The Morgan fingerprint density at radius 1 is 1.10 bits per heavy atom. The van der Waals surface area contributed by atoms with Gasteiger partial charge in [0.1, 0.15) is 4.90 Å². The van der Waals surface area contributed by atoms with Crippen LogP contribution in [0.5, 0.6) is 0 Å². The van der Waals surface area contributed by atoms with Gasteiger partial charge >= 0.3 is 0 Å². The maximum atomic E-state index is 12.8. The van der Waals surface area contributed by atoms with Gasteiger partial charge in [0.25, 0.3) is 0 Å². The molecule has 152 valence electrons. The van der Waals surface area contributed by atoms with Crippen LogP contribution in [0.1, 0.15) is 16.7 Å². The Kier molecular flexibility index (Phi) is 5.86. The predicted octanol–water partition coefficient (Wildman–Crippen LogP) is 3.06. The molecule has 0 fully saturated rings. The average Bonchev–Trinajstić information content (AvgIpc) is 3.16. The van der Waals surface area contributed by atoms with Crippen molar-refractivity contribution in [3.8, 4) is 5.69 Å². The summed E-state index contributed by atoms with van der Waals surface area (Å²) in [4.78, 5) is 12.5. The standard InChI is InChI=1S/C21H24N4O3S/c1-15-10-16(2)21(17(3)11-15)23-20(26)14-24(4)29(27,28)19-12-22-25(13-19)18-8-6-5-7-9-18/h5-13H,14H2,1-4H3,(H,23,26). The van der Waals surface area contributed by atoms with Crippen LogP contribution >= 0.6 is 0 Å². The van der Waals surface area contributed by atoms with Crippen LogP contribution in [0, 0.1) is 20.8 Å². The van der Waals surface area contributed by atoms with Gasteiger partial charge in [-0.15, -0.1) is 0 Å². The quantitative estimate of drug-likeness (QED) is 0.674. The van der Waals surface area contributed by atoms with E-state index >= 15 is 0 Å². The fourth-order valence-electron chi connectivity index (χ4n) is 3.18.